The number of benzene rings is 3. The van der Waals surface area contributed by atoms with Gasteiger partial charge >= 0.3 is 12.0 Å². The number of imidazole rings is 1. The van der Waals surface area contributed by atoms with E-state index in [0.29, 0.717) is 12.1 Å². The molecular formula is C29H30N4O3. The summed E-state index contributed by atoms with van der Waals surface area (Å²) in [7, 11) is 0. The average molecular weight is 483 g/mol. The summed E-state index contributed by atoms with van der Waals surface area (Å²) in [5.41, 5.74) is 5.24. The summed E-state index contributed by atoms with van der Waals surface area (Å²) in [5.74, 6) is -0.00795. The summed E-state index contributed by atoms with van der Waals surface area (Å²) in [5, 5.41) is 13.0. The Morgan fingerprint density at radius 2 is 1.78 bits per heavy atom. The summed E-state index contributed by atoms with van der Waals surface area (Å²) in [6, 6.07) is 20.9. The standard InChI is InChI=1S/C29H30N4O3/c1-2-8-27-31-25-14-12-22(30-29(36)32-15-6-7-16-32)18-26(25)33(27)19-20-11-13-23(24(17-20)28(34)35)21-9-4-3-5-10-21/h3-5,9-14,17-18H,2,6-8,15-16,19H2,1H3,(H,30,36)(H,34,35). The highest BCUT2D eigenvalue weighted by Gasteiger charge is 2.19. The van der Waals surface area contributed by atoms with E-state index in [9.17, 15) is 14.7 Å². The lowest BCUT2D eigenvalue weighted by atomic mass is 9.97. The summed E-state index contributed by atoms with van der Waals surface area (Å²) in [6.45, 7) is 4.18. The van der Waals surface area contributed by atoms with Gasteiger partial charge < -0.3 is 19.9 Å². The van der Waals surface area contributed by atoms with E-state index < -0.39 is 5.97 Å². The molecule has 0 bridgehead atoms. The minimum atomic E-state index is -0.952. The van der Waals surface area contributed by atoms with Crippen molar-refractivity contribution in [1.29, 1.82) is 0 Å². The van der Waals surface area contributed by atoms with Gasteiger partial charge in [-0.3, -0.25) is 0 Å². The Morgan fingerprint density at radius 3 is 2.50 bits per heavy atom. The molecule has 2 heterocycles. The number of aryl methyl sites for hydroxylation is 1. The number of carboxylic acids is 1. The third-order valence-electron chi connectivity index (χ3n) is 6.69. The largest absolute Gasteiger partial charge is 0.478 e. The molecule has 1 aliphatic heterocycles. The number of amides is 2. The molecule has 1 fully saturated rings. The highest BCUT2D eigenvalue weighted by atomic mass is 16.4. The van der Waals surface area contributed by atoms with E-state index in [2.05, 4.69) is 16.8 Å². The highest BCUT2D eigenvalue weighted by molar-refractivity contribution is 5.96. The van der Waals surface area contributed by atoms with Crippen LogP contribution in [0.5, 0.6) is 0 Å². The van der Waals surface area contributed by atoms with Gasteiger partial charge in [-0.25, -0.2) is 14.6 Å². The second-order valence-corrected chi connectivity index (χ2v) is 9.24. The maximum absolute atomic E-state index is 12.6. The summed E-state index contributed by atoms with van der Waals surface area (Å²) in [6.07, 6.45) is 3.83. The number of likely N-dealkylation sites (tertiary alicyclic amines) is 1. The number of aromatic carboxylic acids is 1. The van der Waals surface area contributed by atoms with E-state index in [4.69, 9.17) is 4.98 Å². The third-order valence-corrected chi connectivity index (χ3v) is 6.69. The normalized spacial score (nSPS) is 13.3. The highest BCUT2D eigenvalue weighted by Crippen LogP contribution is 2.27. The van der Waals surface area contributed by atoms with Gasteiger partial charge in [-0.15, -0.1) is 0 Å². The van der Waals surface area contributed by atoms with Crippen LogP contribution in [0.2, 0.25) is 0 Å². The quantitative estimate of drug-likeness (QED) is 0.337. The van der Waals surface area contributed by atoms with E-state index in [1.54, 1.807) is 6.07 Å². The third kappa shape index (κ3) is 4.82. The average Bonchev–Trinajstić information content (AvgIpc) is 3.54. The Kier molecular flexibility index (Phi) is 6.71. The molecule has 2 N–H and O–H groups in total. The number of nitrogens with one attached hydrogen (secondary N) is 1. The van der Waals surface area contributed by atoms with Crippen LogP contribution in [0, 0.1) is 0 Å². The molecule has 7 heteroatoms. The first-order valence-corrected chi connectivity index (χ1v) is 12.5. The maximum atomic E-state index is 12.6. The van der Waals surface area contributed by atoms with Crippen LogP contribution in [-0.2, 0) is 13.0 Å². The maximum Gasteiger partial charge on any atom is 0.336 e. The Bertz CT molecular complexity index is 1410. The van der Waals surface area contributed by atoms with Crippen LogP contribution in [0.1, 0.15) is 47.9 Å². The Balaban J connectivity index is 1.50. The molecule has 0 atom stereocenters. The second kappa shape index (κ2) is 10.2. The molecule has 36 heavy (non-hydrogen) atoms. The van der Waals surface area contributed by atoms with Gasteiger partial charge in [-0.05, 0) is 60.2 Å². The van der Waals surface area contributed by atoms with Crippen LogP contribution in [0.3, 0.4) is 0 Å². The molecule has 2 amide bonds. The molecule has 0 saturated carbocycles. The molecule has 184 valence electrons. The first-order valence-electron chi connectivity index (χ1n) is 12.5. The first-order chi connectivity index (χ1) is 17.5. The number of rotatable bonds is 7. The van der Waals surface area contributed by atoms with Gasteiger partial charge in [0.1, 0.15) is 5.82 Å². The molecule has 5 rings (SSSR count). The predicted octanol–water partition coefficient (Wildman–Crippen LogP) is 6.03. The molecule has 1 aromatic heterocycles. The fourth-order valence-electron chi connectivity index (χ4n) is 4.88. The molecule has 4 aromatic rings. The second-order valence-electron chi connectivity index (χ2n) is 9.24. The zero-order valence-electron chi connectivity index (χ0n) is 20.4. The number of fused-ring (bicyclic) bond motifs is 1. The smallest absolute Gasteiger partial charge is 0.336 e. The molecule has 0 spiro atoms. The number of urea groups is 1. The molecule has 3 aromatic carbocycles. The van der Waals surface area contributed by atoms with Crippen molar-refractivity contribution < 1.29 is 14.7 Å². The number of carbonyl (C=O) groups is 2. The van der Waals surface area contributed by atoms with Gasteiger partial charge in [0.25, 0.3) is 0 Å². The molecule has 0 unspecified atom stereocenters. The van der Waals surface area contributed by atoms with Gasteiger partial charge in [-0.1, -0.05) is 49.4 Å². The van der Waals surface area contributed by atoms with Crippen LogP contribution in [-0.4, -0.2) is 44.6 Å². The SMILES string of the molecule is CCCc1nc2ccc(NC(=O)N3CCCC3)cc2n1Cc1ccc(-c2ccccc2)c(C(=O)O)c1. The molecule has 1 saturated heterocycles. The van der Waals surface area contributed by atoms with E-state index in [0.717, 1.165) is 72.4 Å². The number of nitrogens with zero attached hydrogens (tertiary/aromatic N) is 3. The fourth-order valence-corrected chi connectivity index (χ4v) is 4.88. The topological polar surface area (TPSA) is 87.5 Å². The van der Waals surface area contributed by atoms with Crippen LogP contribution in [0.4, 0.5) is 10.5 Å². The van der Waals surface area contributed by atoms with Gasteiger partial charge in [0, 0.05) is 31.7 Å². The van der Waals surface area contributed by atoms with Gasteiger partial charge in [0.05, 0.1) is 16.6 Å². The monoisotopic (exact) mass is 482 g/mol. The number of anilines is 1. The predicted molar refractivity (Wildman–Crippen MR) is 141 cm³/mol. The van der Waals surface area contributed by atoms with E-state index in [-0.39, 0.29) is 11.6 Å². The van der Waals surface area contributed by atoms with Crippen LogP contribution < -0.4 is 5.32 Å². The number of carbonyl (C=O) groups excluding carboxylic acids is 1. The van der Waals surface area contributed by atoms with Crippen molar-refractivity contribution in [1.82, 2.24) is 14.5 Å². The van der Waals surface area contributed by atoms with Crippen molar-refractivity contribution in [2.24, 2.45) is 0 Å². The lowest BCUT2D eigenvalue weighted by Gasteiger charge is -2.16. The summed E-state index contributed by atoms with van der Waals surface area (Å²) < 4.78 is 2.13. The Hall–Kier alpha value is -4.13. The molecule has 7 nitrogen and oxygen atoms in total. The van der Waals surface area contributed by atoms with Gasteiger partial charge in [-0.2, -0.15) is 0 Å². The fraction of sp³-hybridized carbons (Fsp3) is 0.276. The van der Waals surface area contributed by atoms with Crippen molar-refractivity contribution >= 4 is 28.7 Å². The van der Waals surface area contributed by atoms with Gasteiger partial charge in [0.2, 0.25) is 0 Å². The van der Waals surface area contributed by atoms with Crippen molar-refractivity contribution in [2.45, 2.75) is 39.2 Å². The van der Waals surface area contributed by atoms with E-state index in [1.165, 1.54) is 0 Å². The molecule has 1 aliphatic rings. The van der Waals surface area contributed by atoms with Crippen molar-refractivity contribution in [3.05, 3.63) is 83.7 Å². The van der Waals surface area contributed by atoms with Crippen LogP contribution in [0.15, 0.2) is 66.7 Å². The zero-order valence-corrected chi connectivity index (χ0v) is 20.4. The lowest BCUT2D eigenvalue weighted by Crippen LogP contribution is -2.32. The zero-order chi connectivity index (χ0) is 25.1. The minimum Gasteiger partial charge on any atom is -0.478 e. The number of aromatic nitrogens is 2. The minimum absolute atomic E-state index is 0.0747. The number of hydrogen-bond donors (Lipinski definition) is 2. The van der Waals surface area contributed by atoms with E-state index >= 15 is 0 Å². The van der Waals surface area contributed by atoms with Crippen molar-refractivity contribution in [2.75, 3.05) is 18.4 Å². The van der Waals surface area contributed by atoms with E-state index in [1.807, 2.05) is 65.6 Å². The molecule has 0 aliphatic carbocycles. The van der Waals surface area contributed by atoms with Crippen molar-refractivity contribution in [3.8, 4) is 11.1 Å². The Morgan fingerprint density at radius 1 is 1.00 bits per heavy atom. The summed E-state index contributed by atoms with van der Waals surface area (Å²) in [4.78, 5) is 31.4. The molecule has 0 radical (unpaired) electrons. The van der Waals surface area contributed by atoms with Crippen molar-refractivity contribution in [3.63, 3.8) is 0 Å². The van der Waals surface area contributed by atoms with Gasteiger partial charge in [0.15, 0.2) is 0 Å². The van der Waals surface area contributed by atoms with Crippen LogP contribution >= 0.6 is 0 Å². The first kappa shape index (κ1) is 23.6. The Labute approximate surface area is 210 Å². The summed E-state index contributed by atoms with van der Waals surface area (Å²) >= 11 is 0. The molecular weight excluding hydrogens is 452 g/mol. The number of carboxylic acid groups (broad SMARTS) is 1. The lowest BCUT2D eigenvalue weighted by molar-refractivity contribution is 0.0697. The van der Waals surface area contributed by atoms with Crippen LogP contribution in [0.25, 0.3) is 22.2 Å². The number of hydrogen-bond acceptors (Lipinski definition) is 3.